The van der Waals surface area contributed by atoms with Gasteiger partial charge in [-0.25, -0.2) is 0 Å². The molecule has 1 saturated heterocycles. The fourth-order valence-corrected chi connectivity index (χ4v) is 2.60. The smallest absolute Gasteiger partial charge is 0.311 e. The molecular weight excluding hydrogens is 390 g/mol. The van der Waals surface area contributed by atoms with Crippen molar-refractivity contribution >= 4 is 34.8 Å². The van der Waals surface area contributed by atoms with Gasteiger partial charge in [-0.05, 0) is 37.2 Å². The molecule has 0 aliphatic carbocycles. The predicted molar refractivity (Wildman–Crippen MR) is 103 cm³/mol. The summed E-state index contributed by atoms with van der Waals surface area (Å²) >= 11 is 5.03. The second-order valence-electron chi connectivity index (χ2n) is 5.84. The summed E-state index contributed by atoms with van der Waals surface area (Å²) in [6.07, 6.45) is 2.07. The van der Waals surface area contributed by atoms with Crippen molar-refractivity contribution in [3.63, 3.8) is 0 Å². The van der Waals surface area contributed by atoms with Gasteiger partial charge in [0.15, 0.2) is 10.9 Å². The summed E-state index contributed by atoms with van der Waals surface area (Å²) in [6.45, 7) is 0.926. The number of benzene rings is 1. The van der Waals surface area contributed by atoms with Crippen molar-refractivity contribution in [2.75, 3.05) is 26.8 Å². The standard InChI is InChI=1S/C16H21N5O6S/c1-26-13-5-4-10(7-12(13)21(24)25)15(23)17-9-14(22)19-20-16(28)18-8-11-3-2-6-27-11/h4-5,7,11H,2-3,6,8-9H2,1H3,(H,17,23)(H,19,22)(H2,18,20,28). The van der Waals surface area contributed by atoms with Crippen LogP contribution in [0.3, 0.4) is 0 Å². The van der Waals surface area contributed by atoms with Gasteiger partial charge < -0.3 is 20.1 Å². The number of methoxy groups -OCH3 is 1. The van der Waals surface area contributed by atoms with Crippen LogP contribution < -0.4 is 26.2 Å². The zero-order chi connectivity index (χ0) is 20.5. The Morgan fingerprint density at radius 1 is 1.36 bits per heavy atom. The van der Waals surface area contributed by atoms with E-state index in [1.165, 1.54) is 19.2 Å². The van der Waals surface area contributed by atoms with Gasteiger partial charge in [-0.15, -0.1) is 0 Å². The minimum Gasteiger partial charge on any atom is -0.490 e. The third-order valence-corrected chi connectivity index (χ3v) is 4.12. The van der Waals surface area contributed by atoms with E-state index >= 15 is 0 Å². The Morgan fingerprint density at radius 2 is 2.14 bits per heavy atom. The van der Waals surface area contributed by atoms with Crippen LogP contribution in [0.15, 0.2) is 18.2 Å². The summed E-state index contributed by atoms with van der Waals surface area (Å²) in [5, 5.41) is 16.5. The molecule has 1 heterocycles. The van der Waals surface area contributed by atoms with E-state index in [0.29, 0.717) is 6.54 Å². The molecule has 1 atom stereocenters. The summed E-state index contributed by atoms with van der Waals surface area (Å²) in [7, 11) is 1.29. The number of carbonyl (C=O) groups is 2. The van der Waals surface area contributed by atoms with Gasteiger partial charge in [0.1, 0.15) is 0 Å². The van der Waals surface area contributed by atoms with Crippen LogP contribution in [0.1, 0.15) is 23.2 Å². The number of hydrazine groups is 1. The molecule has 0 radical (unpaired) electrons. The van der Waals surface area contributed by atoms with Crippen LogP contribution in [0.2, 0.25) is 0 Å². The Hall–Kier alpha value is -2.99. The summed E-state index contributed by atoms with van der Waals surface area (Å²) in [5.41, 5.74) is 4.54. The summed E-state index contributed by atoms with van der Waals surface area (Å²) in [4.78, 5) is 34.2. The quantitative estimate of drug-likeness (QED) is 0.277. The molecule has 0 bridgehead atoms. The van der Waals surface area contributed by atoms with E-state index in [-0.39, 0.29) is 34.8 Å². The lowest BCUT2D eigenvalue weighted by atomic mass is 10.1. The predicted octanol–water partition coefficient (Wildman–Crippen LogP) is 0.00750. The maximum atomic E-state index is 12.1. The normalized spacial score (nSPS) is 15.4. The van der Waals surface area contributed by atoms with E-state index in [1.54, 1.807) is 0 Å². The van der Waals surface area contributed by atoms with E-state index in [2.05, 4.69) is 21.5 Å². The van der Waals surface area contributed by atoms with Gasteiger partial charge >= 0.3 is 5.69 Å². The number of rotatable bonds is 7. The SMILES string of the molecule is COc1ccc(C(=O)NCC(=O)NNC(=S)NCC2CCCO2)cc1[N+](=O)[O-]. The molecule has 2 amide bonds. The maximum absolute atomic E-state index is 12.1. The van der Waals surface area contributed by atoms with E-state index in [1.807, 2.05) is 0 Å². The Morgan fingerprint density at radius 3 is 2.79 bits per heavy atom. The first-order valence-electron chi connectivity index (χ1n) is 8.45. The molecule has 2 rings (SSSR count). The minimum atomic E-state index is -0.656. The van der Waals surface area contributed by atoms with Crippen LogP contribution in [0.5, 0.6) is 5.75 Å². The zero-order valence-corrected chi connectivity index (χ0v) is 16.0. The highest BCUT2D eigenvalue weighted by Crippen LogP contribution is 2.27. The molecule has 1 aliphatic heterocycles. The molecule has 28 heavy (non-hydrogen) atoms. The van der Waals surface area contributed by atoms with Crippen LogP contribution in [0, 0.1) is 10.1 Å². The molecule has 4 N–H and O–H groups in total. The number of hydrogen-bond donors (Lipinski definition) is 4. The third kappa shape index (κ3) is 6.32. The molecule has 0 aromatic heterocycles. The molecule has 1 aromatic carbocycles. The fourth-order valence-electron chi connectivity index (χ4n) is 2.46. The van der Waals surface area contributed by atoms with E-state index in [4.69, 9.17) is 21.7 Å². The van der Waals surface area contributed by atoms with Gasteiger partial charge in [0, 0.05) is 24.8 Å². The Labute approximate surface area is 166 Å². The number of nitro groups is 1. The number of nitrogens with zero attached hydrogens (tertiary/aromatic N) is 1. The summed E-state index contributed by atoms with van der Waals surface area (Å²) < 4.78 is 10.3. The molecular formula is C16H21N5O6S. The van der Waals surface area contributed by atoms with Crippen LogP contribution in [0.25, 0.3) is 0 Å². The largest absolute Gasteiger partial charge is 0.490 e. The highest BCUT2D eigenvalue weighted by Gasteiger charge is 2.19. The van der Waals surface area contributed by atoms with Crippen molar-refractivity contribution in [2.45, 2.75) is 18.9 Å². The van der Waals surface area contributed by atoms with E-state index in [9.17, 15) is 19.7 Å². The zero-order valence-electron chi connectivity index (χ0n) is 15.1. The first-order valence-corrected chi connectivity index (χ1v) is 8.86. The van der Waals surface area contributed by atoms with E-state index < -0.39 is 16.7 Å². The third-order valence-electron chi connectivity index (χ3n) is 3.88. The van der Waals surface area contributed by atoms with Crippen molar-refractivity contribution in [1.29, 1.82) is 0 Å². The van der Waals surface area contributed by atoms with Crippen LogP contribution in [-0.2, 0) is 9.53 Å². The lowest BCUT2D eigenvalue weighted by molar-refractivity contribution is -0.385. The van der Waals surface area contributed by atoms with Crippen molar-refractivity contribution < 1.29 is 24.0 Å². The van der Waals surface area contributed by atoms with Crippen molar-refractivity contribution in [3.05, 3.63) is 33.9 Å². The van der Waals surface area contributed by atoms with Gasteiger partial charge in [0.05, 0.1) is 24.7 Å². The Kier molecular flexibility index (Phi) is 7.89. The van der Waals surface area contributed by atoms with Crippen LogP contribution in [0.4, 0.5) is 5.69 Å². The first kappa shape index (κ1) is 21.3. The highest BCUT2D eigenvalue weighted by molar-refractivity contribution is 7.80. The monoisotopic (exact) mass is 411 g/mol. The van der Waals surface area contributed by atoms with Gasteiger partial charge in [-0.2, -0.15) is 0 Å². The lowest BCUT2D eigenvalue weighted by Gasteiger charge is -2.14. The minimum absolute atomic E-state index is 0.0296. The number of thiocarbonyl (C=S) groups is 1. The molecule has 152 valence electrons. The second-order valence-corrected chi connectivity index (χ2v) is 6.25. The maximum Gasteiger partial charge on any atom is 0.311 e. The molecule has 1 fully saturated rings. The summed E-state index contributed by atoms with van der Waals surface area (Å²) in [5.74, 6) is -1.15. The van der Waals surface area contributed by atoms with Crippen LogP contribution >= 0.6 is 12.2 Å². The second kappa shape index (κ2) is 10.4. The van der Waals surface area contributed by atoms with Crippen molar-refractivity contribution in [1.82, 2.24) is 21.5 Å². The van der Waals surface area contributed by atoms with Gasteiger partial charge in [0.2, 0.25) is 0 Å². The van der Waals surface area contributed by atoms with Gasteiger partial charge in [0.25, 0.3) is 11.8 Å². The van der Waals surface area contributed by atoms with Gasteiger partial charge in [-0.1, -0.05) is 0 Å². The number of nitro benzene ring substituents is 1. The van der Waals surface area contributed by atoms with Crippen molar-refractivity contribution in [3.8, 4) is 5.75 Å². The van der Waals surface area contributed by atoms with E-state index in [0.717, 1.165) is 25.5 Å². The Bertz CT molecular complexity index is 753. The first-order chi connectivity index (χ1) is 13.4. The summed E-state index contributed by atoms with van der Waals surface area (Å²) in [6, 6.07) is 3.75. The molecule has 0 spiro atoms. The fraction of sp³-hybridized carbons (Fsp3) is 0.438. The Balaban J connectivity index is 1.74. The number of ether oxygens (including phenoxy) is 2. The van der Waals surface area contributed by atoms with Crippen LogP contribution in [-0.4, -0.2) is 54.8 Å². The average Bonchev–Trinajstić information content (AvgIpc) is 3.21. The molecule has 0 saturated carbocycles. The molecule has 11 nitrogen and oxygen atoms in total. The molecule has 1 aliphatic rings. The lowest BCUT2D eigenvalue weighted by Crippen LogP contribution is -2.50. The van der Waals surface area contributed by atoms with Crippen molar-refractivity contribution in [2.24, 2.45) is 0 Å². The molecule has 1 aromatic rings. The number of hydrogen-bond acceptors (Lipinski definition) is 7. The highest BCUT2D eigenvalue weighted by atomic mass is 32.1. The number of amides is 2. The molecule has 12 heteroatoms. The number of carbonyl (C=O) groups excluding carboxylic acids is 2. The topological polar surface area (TPSA) is 144 Å². The van der Waals surface area contributed by atoms with Gasteiger partial charge in [-0.3, -0.25) is 30.6 Å². The average molecular weight is 411 g/mol. The number of nitrogens with one attached hydrogen (secondary N) is 4. The molecule has 1 unspecified atom stereocenters.